The highest BCUT2D eigenvalue weighted by Crippen LogP contribution is 2.15. The molecule has 26 heavy (non-hydrogen) atoms. The van der Waals surface area contributed by atoms with Crippen LogP contribution in [-0.2, 0) is 16.0 Å². The Bertz CT molecular complexity index is 544. The summed E-state index contributed by atoms with van der Waals surface area (Å²) in [5.41, 5.74) is 1.11. The van der Waals surface area contributed by atoms with E-state index < -0.39 is 0 Å². The van der Waals surface area contributed by atoms with Gasteiger partial charge >= 0.3 is 0 Å². The Kier molecular flexibility index (Phi) is 9.20. The largest absolute Gasteiger partial charge is 0.381 e. The van der Waals surface area contributed by atoms with Crippen molar-refractivity contribution in [2.45, 2.75) is 26.3 Å². The summed E-state index contributed by atoms with van der Waals surface area (Å²) in [7, 11) is 3.99. The highest BCUT2D eigenvalue weighted by molar-refractivity contribution is 5.79. The number of hydrogen-bond acceptors (Lipinski definition) is 5. The molecular weight excluding hydrogens is 330 g/mol. The van der Waals surface area contributed by atoms with Crippen molar-refractivity contribution >= 4 is 11.8 Å². The first-order valence-corrected chi connectivity index (χ1v) is 9.49. The molecule has 2 rings (SSSR count). The third-order valence-electron chi connectivity index (χ3n) is 4.18. The number of nitrogens with zero attached hydrogens (tertiary/aromatic N) is 3. The average Bonchev–Trinajstić information content (AvgIpc) is 3.16. The number of aromatic nitrogens is 1. The average molecular weight is 364 g/mol. The number of anilines is 1. The normalized spacial score (nSPS) is 17.3. The molecule has 1 fully saturated rings. The zero-order chi connectivity index (χ0) is 18.6. The van der Waals surface area contributed by atoms with E-state index in [2.05, 4.69) is 33.6 Å². The molecule has 2 heterocycles. The number of rotatable bonds is 10. The maximum atomic E-state index is 5.74. The molecular formula is C19H33N5O2. The minimum absolute atomic E-state index is 0.576. The summed E-state index contributed by atoms with van der Waals surface area (Å²) in [5, 5.41) is 6.65. The molecule has 1 atom stereocenters. The van der Waals surface area contributed by atoms with Gasteiger partial charge in [-0.2, -0.15) is 0 Å². The van der Waals surface area contributed by atoms with Crippen LogP contribution in [0.5, 0.6) is 0 Å². The summed E-state index contributed by atoms with van der Waals surface area (Å²) in [6, 6.07) is 4.01. The Morgan fingerprint density at radius 3 is 3.04 bits per heavy atom. The highest BCUT2D eigenvalue weighted by Gasteiger charge is 2.15. The van der Waals surface area contributed by atoms with Gasteiger partial charge in [0, 0.05) is 58.1 Å². The monoisotopic (exact) mass is 363 g/mol. The molecule has 0 aliphatic carbocycles. The van der Waals surface area contributed by atoms with Crippen LogP contribution in [0.25, 0.3) is 0 Å². The van der Waals surface area contributed by atoms with Crippen LogP contribution < -0.4 is 15.5 Å². The summed E-state index contributed by atoms with van der Waals surface area (Å²) in [6.45, 7) is 7.62. The van der Waals surface area contributed by atoms with Gasteiger partial charge in [-0.15, -0.1) is 0 Å². The fourth-order valence-electron chi connectivity index (χ4n) is 2.81. The molecule has 146 valence electrons. The molecule has 0 saturated carbocycles. The molecule has 0 amide bonds. The van der Waals surface area contributed by atoms with E-state index in [9.17, 15) is 0 Å². The standard InChI is InChI=1S/C19H33N5O2/c1-4-20-19(22-10-6-11-25-14-16-8-12-26-15-16)23-13-17-7-5-9-21-18(17)24(2)3/h5,7,9,16H,4,6,8,10-15H2,1-3H3,(H2,20,22,23). The molecule has 0 radical (unpaired) electrons. The van der Waals surface area contributed by atoms with Crippen molar-refractivity contribution in [1.29, 1.82) is 0 Å². The van der Waals surface area contributed by atoms with Gasteiger partial charge in [-0.3, -0.25) is 0 Å². The minimum atomic E-state index is 0.576. The summed E-state index contributed by atoms with van der Waals surface area (Å²) in [4.78, 5) is 11.1. The van der Waals surface area contributed by atoms with E-state index in [0.29, 0.717) is 12.5 Å². The fourth-order valence-corrected chi connectivity index (χ4v) is 2.81. The first kappa shape index (κ1) is 20.5. The van der Waals surface area contributed by atoms with Gasteiger partial charge in [-0.1, -0.05) is 6.07 Å². The Balaban J connectivity index is 1.72. The third kappa shape index (κ3) is 7.17. The molecule has 0 aromatic carbocycles. The van der Waals surface area contributed by atoms with Crippen LogP contribution in [0.2, 0.25) is 0 Å². The Labute approximate surface area is 157 Å². The van der Waals surface area contributed by atoms with Crippen molar-refractivity contribution in [3.05, 3.63) is 23.9 Å². The summed E-state index contributed by atoms with van der Waals surface area (Å²) in [5.74, 6) is 2.36. The van der Waals surface area contributed by atoms with Gasteiger partial charge in [0.25, 0.3) is 0 Å². The molecule has 7 heteroatoms. The number of guanidine groups is 1. The van der Waals surface area contributed by atoms with E-state index in [1.165, 1.54) is 0 Å². The molecule has 1 aliphatic heterocycles. The highest BCUT2D eigenvalue weighted by atomic mass is 16.5. The van der Waals surface area contributed by atoms with Crippen LogP contribution >= 0.6 is 0 Å². The van der Waals surface area contributed by atoms with Crippen molar-refractivity contribution in [2.24, 2.45) is 10.9 Å². The second-order valence-electron chi connectivity index (χ2n) is 6.66. The molecule has 1 aromatic rings. The number of nitrogens with one attached hydrogen (secondary N) is 2. The fraction of sp³-hybridized carbons (Fsp3) is 0.684. The van der Waals surface area contributed by atoms with Crippen molar-refractivity contribution in [3.63, 3.8) is 0 Å². The molecule has 1 saturated heterocycles. The van der Waals surface area contributed by atoms with Crippen LogP contribution in [0, 0.1) is 5.92 Å². The molecule has 0 bridgehead atoms. The van der Waals surface area contributed by atoms with Crippen molar-refractivity contribution in [1.82, 2.24) is 15.6 Å². The summed E-state index contributed by atoms with van der Waals surface area (Å²) >= 11 is 0. The van der Waals surface area contributed by atoms with Crippen LogP contribution in [0.1, 0.15) is 25.3 Å². The Hall–Kier alpha value is -1.86. The lowest BCUT2D eigenvalue weighted by Gasteiger charge is -2.16. The van der Waals surface area contributed by atoms with Gasteiger partial charge < -0.3 is 25.0 Å². The van der Waals surface area contributed by atoms with E-state index in [1.54, 1.807) is 0 Å². The lowest BCUT2D eigenvalue weighted by atomic mass is 10.1. The van der Waals surface area contributed by atoms with Gasteiger partial charge in [-0.05, 0) is 25.8 Å². The van der Waals surface area contributed by atoms with Gasteiger partial charge in [-0.25, -0.2) is 9.98 Å². The van der Waals surface area contributed by atoms with E-state index >= 15 is 0 Å². The van der Waals surface area contributed by atoms with Crippen molar-refractivity contribution in [2.75, 3.05) is 58.5 Å². The quantitative estimate of drug-likeness (QED) is 0.374. The molecule has 2 N–H and O–H groups in total. The predicted octanol–water partition coefficient (Wildman–Crippen LogP) is 1.65. The topological polar surface area (TPSA) is 71.0 Å². The van der Waals surface area contributed by atoms with Crippen LogP contribution in [-0.4, -0.2) is 64.6 Å². The Morgan fingerprint density at radius 1 is 1.42 bits per heavy atom. The van der Waals surface area contributed by atoms with Crippen molar-refractivity contribution < 1.29 is 9.47 Å². The summed E-state index contributed by atoms with van der Waals surface area (Å²) < 4.78 is 11.1. The number of hydrogen-bond donors (Lipinski definition) is 2. The predicted molar refractivity (Wildman–Crippen MR) is 106 cm³/mol. The second kappa shape index (κ2) is 11.7. The second-order valence-corrected chi connectivity index (χ2v) is 6.66. The van der Waals surface area contributed by atoms with Gasteiger partial charge in [0.1, 0.15) is 5.82 Å². The molecule has 1 aromatic heterocycles. The van der Waals surface area contributed by atoms with Crippen LogP contribution in [0.15, 0.2) is 23.3 Å². The molecule has 7 nitrogen and oxygen atoms in total. The lowest BCUT2D eigenvalue weighted by Crippen LogP contribution is -2.38. The number of ether oxygens (including phenoxy) is 2. The maximum absolute atomic E-state index is 5.74. The third-order valence-corrected chi connectivity index (χ3v) is 4.18. The maximum Gasteiger partial charge on any atom is 0.191 e. The van der Waals surface area contributed by atoms with E-state index in [-0.39, 0.29) is 0 Å². The number of pyridine rings is 1. The zero-order valence-electron chi connectivity index (χ0n) is 16.3. The molecule has 1 unspecified atom stereocenters. The van der Waals surface area contributed by atoms with E-state index in [0.717, 1.165) is 69.7 Å². The molecule has 0 spiro atoms. The Morgan fingerprint density at radius 2 is 2.31 bits per heavy atom. The smallest absolute Gasteiger partial charge is 0.191 e. The van der Waals surface area contributed by atoms with Gasteiger partial charge in [0.15, 0.2) is 5.96 Å². The van der Waals surface area contributed by atoms with Crippen LogP contribution in [0.4, 0.5) is 5.82 Å². The zero-order valence-corrected chi connectivity index (χ0v) is 16.3. The minimum Gasteiger partial charge on any atom is -0.381 e. The molecule has 1 aliphatic rings. The first-order valence-electron chi connectivity index (χ1n) is 9.49. The summed E-state index contributed by atoms with van der Waals surface area (Å²) in [6.07, 6.45) is 3.89. The SMILES string of the molecule is CCNC(=NCc1cccnc1N(C)C)NCCCOCC1CCOC1. The lowest BCUT2D eigenvalue weighted by molar-refractivity contribution is 0.0888. The first-order chi connectivity index (χ1) is 12.7. The van der Waals surface area contributed by atoms with Gasteiger partial charge in [0.2, 0.25) is 0 Å². The number of aliphatic imine (C=N–C) groups is 1. The van der Waals surface area contributed by atoms with Gasteiger partial charge in [0.05, 0.1) is 19.8 Å². The van der Waals surface area contributed by atoms with Crippen LogP contribution in [0.3, 0.4) is 0 Å². The van der Waals surface area contributed by atoms with Crippen molar-refractivity contribution in [3.8, 4) is 0 Å². The van der Waals surface area contributed by atoms with E-state index in [1.807, 2.05) is 31.3 Å². The van der Waals surface area contributed by atoms with E-state index in [4.69, 9.17) is 9.47 Å².